The zero-order valence-electron chi connectivity index (χ0n) is 58.6. The number of thiophene rings is 8. The standard InChI is InChI=1S/C54H30S4.C48H26S4/c1-3-8-31(9-4-1)35-14-22-47-43(29-35)51-49(55-47)24-18-39-41-27-37(16-20-45(41)57-53(39)51)33-12-7-13-34(26-33)38-17-21-46-42(28-38)40-19-25-50-52(54(40)58-46)44-30-36(15-23-48(44)56-50)32-10-5-2-6-11-32;1-3-7-27(8-4-1)29-11-19-41-37(25-29)45-43(49-41)21-15-33-35-23-31(13-17-39(35)51-47(33)45)32-14-18-40-36(24-32)34-16-22-44-46(48(34)52-40)38-26-30(12-20-42(38)50-44)28-9-5-2-6-10-28/h1-30H;1-26H. The highest BCUT2D eigenvalue weighted by atomic mass is 32.1. The third kappa shape index (κ3) is 10.1. The molecule has 0 atom stereocenters. The molecule has 0 nitrogen and oxygen atoms in total. The van der Waals surface area contributed by atoms with E-state index in [1.165, 1.54) is 239 Å². The number of hydrogen-bond acceptors (Lipinski definition) is 8. The van der Waals surface area contributed by atoms with Crippen molar-refractivity contribution in [2.45, 2.75) is 0 Å². The van der Waals surface area contributed by atoms with Crippen molar-refractivity contribution in [1.82, 2.24) is 0 Å². The van der Waals surface area contributed by atoms with Crippen LogP contribution in [0, 0.1) is 0 Å². The minimum absolute atomic E-state index is 1.24. The quantitative estimate of drug-likeness (QED) is 0.149. The van der Waals surface area contributed by atoms with Gasteiger partial charge in [-0.15, -0.1) is 90.7 Å². The van der Waals surface area contributed by atoms with Gasteiger partial charge in [-0.25, -0.2) is 0 Å². The summed E-state index contributed by atoms with van der Waals surface area (Å²) in [6.07, 6.45) is 0. The highest BCUT2D eigenvalue weighted by molar-refractivity contribution is 7.32. The van der Waals surface area contributed by atoms with Gasteiger partial charge in [0, 0.05) is 161 Å². The van der Waals surface area contributed by atoms with Crippen LogP contribution in [0.3, 0.4) is 0 Å². The Morgan fingerprint density at radius 3 is 0.527 bits per heavy atom. The number of hydrogen-bond donors (Lipinski definition) is 0. The molecule has 0 fully saturated rings. The van der Waals surface area contributed by atoms with Crippen molar-refractivity contribution >= 4 is 252 Å². The average molecular weight is 1540 g/mol. The second-order valence-electron chi connectivity index (χ2n) is 28.8. The Balaban J connectivity index is 0.000000129. The molecule has 0 unspecified atom stereocenters. The van der Waals surface area contributed by atoms with Gasteiger partial charge in [-0.2, -0.15) is 0 Å². The van der Waals surface area contributed by atoms with Crippen molar-refractivity contribution in [3.8, 4) is 77.9 Å². The molecular weight excluding hydrogens is 1480 g/mol. The fourth-order valence-corrected chi connectivity index (χ4v) is 26.8. The van der Waals surface area contributed by atoms with Crippen LogP contribution in [0.5, 0.6) is 0 Å². The normalized spacial score (nSPS) is 12.2. The van der Waals surface area contributed by atoms with Gasteiger partial charge < -0.3 is 0 Å². The Morgan fingerprint density at radius 2 is 0.291 bits per heavy atom. The van der Waals surface area contributed by atoms with Gasteiger partial charge >= 0.3 is 0 Å². The molecule has 0 amide bonds. The van der Waals surface area contributed by atoms with Gasteiger partial charge in [0.1, 0.15) is 0 Å². The molecule has 512 valence electrons. The average Bonchev–Trinajstić information content (AvgIpc) is 1.59. The molecule has 0 saturated carbocycles. The second kappa shape index (κ2) is 25.0. The largest absolute Gasteiger partial charge is 0.135 e. The van der Waals surface area contributed by atoms with E-state index in [4.69, 9.17) is 0 Å². The Bertz CT molecular complexity index is 7660. The van der Waals surface area contributed by atoms with Crippen molar-refractivity contribution in [3.05, 3.63) is 340 Å². The fraction of sp³-hybridized carbons (Fsp3) is 0. The Morgan fingerprint density at radius 1 is 0.109 bits per heavy atom. The van der Waals surface area contributed by atoms with Crippen molar-refractivity contribution in [3.63, 3.8) is 0 Å². The summed E-state index contributed by atoms with van der Waals surface area (Å²) in [6, 6.07) is 127. The van der Waals surface area contributed by atoms with E-state index < -0.39 is 0 Å². The number of benzene rings is 17. The van der Waals surface area contributed by atoms with E-state index in [1.54, 1.807) is 0 Å². The first-order valence-corrected chi connectivity index (χ1v) is 43.6. The van der Waals surface area contributed by atoms with Gasteiger partial charge in [0.2, 0.25) is 0 Å². The molecule has 0 bridgehead atoms. The molecule has 0 aliphatic rings. The summed E-state index contributed by atoms with van der Waals surface area (Å²) >= 11 is 15.3. The van der Waals surface area contributed by atoms with Crippen LogP contribution in [0.25, 0.3) is 239 Å². The molecule has 0 aliphatic heterocycles. The van der Waals surface area contributed by atoms with Crippen LogP contribution in [0.4, 0.5) is 0 Å². The van der Waals surface area contributed by atoms with Crippen LogP contribution in [-0.2, 0) is 0 Å². The lowest BCUT2D eigenvalue weighted by Gasteiger charge is -2.07. The molecule has 0 saturated heterocycles. The maximum atomic E-state index is 2.43. The summed E-state index contributed by atoms with van der Waals surface area (Å²) in [5.41, 5.74) is 17.6. The lowest BCUT2D eigenvalue weighted by Crippen LogP contribution is -1.82. The number of rotatable bonds is 7. The topological polar surface area (TPSA) is 0 Å². The summed E-state index contributed by atoms with van der Waals surface area (Å²) in [4.78, 5) is 0. The van der Waals surface area contributed by atoms with Gasteiger partial charge in [0.25, 0.3) is 0 Å². The zero-order valence-corrected chi connectivity index (χ0v) is 65.1. The molecule has 0 spiro atoms. The molecule has 0 N–H and O–H groups in total. The first-order valence-electron chi connectivity index (χ1n) is 37.0. The molecular formula is C102H56S8. The van der Waals surface area contributed by atoms with Gasteiger partial charge in [-0.3, -0.25) is 0 Å². The van der Waals surface area contributed by atoms with Crippen molar-refractivity contribution in [2.24, 2.45) is 0 Å². The predicted octanol–water partition coefficient (Wildman–Crippen LogP) is 34.0. The lowest BCUT2D eigenvalue weighted by molar-refractivity contribution is 1.62. The predicted molar refractivity (Wildman–Crippen MR) is 494 cm³/mol. The third-order valence-electron chi connectivity index (χ3n) is 22.6. The number of fused-ring (bicyclic) bond motifs is 28. The molecule has 8 heteroatoms. The van der Waals surface area contributed by atoms with Crippen molar-refractivity contribution in [1.29, 1.82) is 0 Å². The monoisotopic (exact) mass is 1540 g/mol. The van der Waals surface area contributed by atoms with Gasteiger partial charge in [-0.1, -0.05) is 212 Å². The zero-order chi connectivity index (χ0) is 71.8. The van der Waals surface area contributed by atoms with Crippen LogP contribution in [0.1, 0.15) is 0 Å². The highest BCUT2D eigenvalue weighted by Gasteiger charge is 2.22. The van der Waals surface area contributed by atoms with Crippen LogP contribution in [-0.4, -0.2) is 0 Å². The van der Waals surface area contributed by atoms with Crippen LogP contribution < -0.4 is 0 Å². The maximum absolute atomic E-state index is 2.43. The molecule has 0 radical (unpaired) electrons. The minimum atomic E-state index is 1.24. The van der Waals surface area contributed by atoms with Crippen LogP contribution in [0.2, 0.25) is 0 Å². The first-order chi connectivity index (χ1) is 54.4. The first kappa shape index (κ1) is 63.4. The fourth-order valence-electron chi connectivity index (χ4n) is 17.2. The third-order valence-corrected chi connectivity index (χ3v) is 31.9. The van der Waals surface area contributed by atoms with Crippen LogP contribution in [0.15, 0.2) is 340 Å². The Kier molecular flexibility index (Phi) is 14.4. The molecule has 25 rings (SSSR count). The summed E-state index contributed by atoms with van der Waals surface area (Å²) in [5, 5.41) is 21.7. The minimum Gasteiger partial charge on any atom is -0.135 e. The highest BCUT2D eigenvalue weighted by Crippen LogP contribution is 2.52. The SMILES string of the molecule is c1ccc(-c2ccc3sc4ccc5c6cc(-c7ccc8sc9c(ccc%10sc%11ccc(-c%12ccccc%12)cc%11c%109)c8c7)ccc6sc5c4c3c2)cc1.c1ccc(-c2ccc3sc4ccc5c6cc(-c7cccc(-c8ccc9sc%10c(ccc%11sc%12ccc(-c%13ccccc%13)cc%12c%11%10)c9c8)c7)ccc6sc5c4c3c2)cc1. The van der Waals surface area contributed by atoms with E-state index in [9.17, 15) is 0 Å². The van der Waals surface area contributed by atoms with Crippen molar-refractivity contribution in [2.75, 3.05) is 0 Å². The maximum Gasteiger partial charge on any atom is 0.0448 e. The van der Waals surface area contributed by atoms with E-state index in [0.29, 0.717) is 0 Å². The summed E-state index contributed by atoms with van der Waals surface area (Å²) in [6.45, 7) is 0. The van der Waals surface area contributed by atoms with Crippen molar-refractivity contribution < 1.29 is 0 Å². The van der Waals surface area contributed by atoms with Gasteiger partial charge in [-0.05, 0) is 205 Å². The molecule has 25 aromatic rings. The lowest BCUT2D eigenvalue weighted by atomic mass is 9.97. The van der Waals surface area contributed by atoms with E-state index in [-0.39, 0.29) is 0 Å². The van der Waals surface area contributed by atoms with Crippen LogP contribution >= 0.6 is 90.7 Å². The Labute approximate surface area is 663 Å². The van der Waals surface area contributed by atoms with E-state index in [2.05, 4.69) is 340 Å². The van der Waals surface area contributed by atoms with Gasteiger partial charge in [0.15, 0.2) is 0 Å². The van der Waals surface area contributed by atoms with Gasteiger partial charge in [0.05, 0.1) is 0 Å². The molecule has 8 heterocycles. The summed E-state index contributed by atoms with van der Waals surface area (Å²) in [5.74, 6) is 0. The molecule has 0 aliphatic carbocycles. The van der Waals surface area contributed by atoms with E-state index in [1.807, 2.05) is 90.7 Å². The van der Waals surface area contributed by atoms with E-state index >= 15 is 0 Å². The molecule has 8 aromatic heterocycles. The summed E-state index contributed by atoms with van der Waals surface area (Å²) < 4.78 is 21.7. The van der Waals surface area contributed by atoms with E-state index in [0.717, 1.165) is 0 Å². The summed E-state index contributed by atoms with van der Waals surface area (Å²) in [7, 11) is 0. The molecule has 110 heavy (non-hydrogen) atoms. The smallest absolute Gasteiger partial charge is 0.0448 e. The second-order valence-corrected chi connectivity index (χ2v) is 37.4. The molecule has 17 aromatic carbocycles. The Hall–Kier alpha value is -11.5.